The van der Waals surface area contributed by atoms with Gasteiger partial charge in [-0.15, -0.1) is 0 Å². The fourth-order valence-electron chi connectivity index (χ4n) is 3.50. The summed E-state index contributed by atoms with van der Waals surface area (Å²) in [6.07, 6.45) is 22.2. The Kier molecular flexibility index (Phi) is 23.4. The molecule has 0 aliphatic heterocycles. The maximum atomic E-state index is 8.86. The number of rotatable bonds is 19. The van der Waals surface area contributed by atoms with Gasteiger partial charge in [0.15, 0.2) is 0 Å². The molecule has 0 rings (SSSR count). The minimum Gasteiger partial charge on any atom is -1.00 e. The van der Waals surface area contributed by atoms with Crippen LogP contribution in [0.5, 0.6) is 0 Å². The largest absolute Gasteiger partial charge is 1.00 e. The van der Waals surface area contributed by atoms with Crippen molar-refractivity contribution < 1.29 is 33.6 Å². The molecule has 25 heavy (non-hydrogen) atoms. The normalized spacial score (nSPS) is 11.5. The van der Waals surface area contributed by atoms with Crippen molar-refractivity contribution in [3.8, 4) is 0 Å². The molecule has 0 aromatic carbocycles. The van der Waals surface area contributed by atoms with Gasteiger partial charge in [-0.3, -0.25) is 0 Å². The van der Waals surface area contributed by atoms with Crippen LogP contribution in [-0.4, -0.2) is 43.4 Å². The van der Waals surface area contributed by atoms with Crippen LogP contribution in [0.1, 0.15) is 110 Å². The van der Waals surface area contributed by atoms with Gasteiger partial charge in [-0.1, -0.05) is 84.0 Å². The second-order valence-corrected chi connectivity index (χ2v) is 8.41. The third-order valence-electron chi connectivity index (χ3n) is 5.29. The number of nitrogens with zero attached hydrogens (tertiary/aromatic N) is 1. The molecule has 0 aromatic heterocycles. The molecule has 0 amide bonds. The van der Waals surface area contributed by atoms with E-state index in [0.29, 0.717) is 6.61 Å². The molecule has 0 aliphatic rings. The van der Waals surface area contributed by atoms with E-state index in [2.05, 4.69) is 21.0 Å². The molecule has 0 spiro atoms. The van der Waals surface area contributed by atoms with Crippen molar-refractivity contribution in [3.63, 3.8) is 0 Å². The van der Waals surface area contributed by atoms with Gasteiger partial charge < -0.3 is 33.6 Å². The van der Waals surface area contributed by atoms with Crippen molar-refractivity contribution in [3.05, 3.63) is 0 Å². The zero-order valence-corrected chi connectivity index (χ0v) is 19.9. The van der Waals surface area contributed by atoms with E-state index in [0.717, 1.165) is 17.3 Å². The highest BCUT2D eigenvalue weighted by atomic mass is 127. The highest BCUT2D eigenvalue weighted by Gasteiger charge is 2.13. The summed E-state index contributed by atoms with van der Waals surface area (Å²) in [6.45, 7) is 5.14. The molecule has 0 unspecified atom stereocenters. The molecule has 0 bridgehead atoms. The molecule has 0 saturated heterocycles. The molecule has 0 fully saturated rings. The Balaban J connectivity index is 0. The van der Waals surface area contributed by atoms with E-state index in [9.17, 15) is 0 Å². The average Bonchev–Trinajstić information content (AvgIpc) is 2.55. The lowest BCUT2D eigenvalue weighted by Gasteiger charge is -2.29. The SMILES string of the molecule is CCCCCCCCCCCCCCCC[N+](C)(C)CCCCO.[I-]. The second kappa shape index (κ2) is 21.0. The minimum atomic E-state index is 0. The Morgan fingerprint density at radius 3 is 1.20 bits per heavy atom. The molecule has 0 atom stereocenters. The predicted molar refractivity (Wildman–Crippen MR) is 108 cm³/mol. The van der Waals surface area contributed by atoms with Crippen molar-refractivity contribution in [2.24, 2.45) is 0 Å². The smallest absolute Gasteiger partial charge is 0.0783 e. The van der Waals surface area contributed by atoms with Gasteiger partial charge in [-0.05, 0) is 25.7 Å². The number of halogens is 1. The third-order valence-corrected chi connectivity index (χ3v) is 5.29. The molecule has 3 heteroatoms. The Morgan fingerprint density at radius 1 is 0.520 bits per heavy atom. The quantitative estimate of drug-likeness (QED) is 0.175. The Hall–Kier alpha value is 0.650. The first-order valence-electron chi connectivity index (χ1n) is 11.1. The van der Waals surface area contributed by atoms with Crippen molar-refractivity contribution in [1.29, 1.82) is 0 Å². The molecular weight excluding hydrogens is 421 g/mol. The van der Waals surface area contributed by atoms with Crippen molar-refractivity contribution in [2.45, 2.75) is 110 Å². The monoisotopic (exact) mass is 469 g/mol. The first kappa shape index (κ1) is 27.9. The summed E-state index contributed by atoms with van der Waals surface area (Å²) < 4.78 is 1.12. The first-order valence-corrected chi connectivity index (χ1v) is 11.1. The molecule has 0 aliphatic carbocycles. The van der Waals surface area contributed by atoms with Gasteiger partial charge in [-0.25, -0.2) is 0 Å². The summed E-state index contributed by atoms with van der Waals surface area (Å²) in [7, 11) is 4.67. The molecule has 0 aromatic rings. The molecule has 0 radical (unpaired) electrons. The van der Waals surface area contributed by atoms with Crippen LogP contribution in [0, 0.1) is 0 Å². The van der Waals surface area contributed by atoms with Gasteiger partial charge in [0.25, 0.3) is 0 Å². The maximum Gasteiger partial charge on any atom is 0.0783 e. The van der Waals surface area contributed by atoms with Gasteiger partial charge >= 0.3 is 0 Å². The van der Waals surface area contributed by atoms with Gasteiger partial charge in [-0.2, -0.15) is 0 Å². The van der Waals surface area contributed by atoms with E-state index in [-0.39, 0.29) is 24.0 Å². The highest BCUT2D eigenvalue weighted by molar-refractivity contribution is 4.49. The van der Waals surface area contributed by atoms with E-state index in [1.54, 1.807) is 0 Å². The van der Waals surface area contributed by atoms with Gasteiger partial charge in [0.2, 0.25) is 0 Å². The van der Waals surface area contributed by atoms with Gasteiger partial charge in [0.1, 0.15) is 0 Å². The van der Waals surface area contributed by atoms with Crippen LogP contribution >= 0.6 is 0 Å². The lowest BCUT2D eigenvalue weighted by Crippen LogP contribution is -3.00. The molecule has 2 nitrogen and oxygen atoms in total. The number of unbranched alkanes of at least 4 members (excludes halogenated alkanes) is 14. The summed E-state index contributed by atoms with van der Waals surface area (Å²) in [4.78, 5) is 0. The predicted octanol–water partition coefficient (Wildman–Crippen LogP) is 3.32. The molecule has 1 N–H and O–H groups in total. The van der Waals surface area contributed by atoms with Crippen LogP contribution in [0.3, 0.4) is 0 Å². The first-order chi connectivity index (χ1) is 11.6. The Bertz CT molecular complexity index is 246. The lowest BCUT2D eigenvalue weighted by molar-refractivity contribution is -0.890. The van der Waals surface area contributed by atoms with Crippen molar-refractivity contribution in [2.75, 3.05) is 33.8 Å². The number of aliphatic hydroxyl groups is 1. The zero-order valence-electron chi connectivity index (χ0n) is 17.7. The van der Waals surface area contributed by atoms with Gasteiger partial charge in [0, 0.05) is 6.61 Å². The zero-order chi connectivity index (χ0) is 17.9. The topological polar surface area (TPSA) is 20.2 Å². The minimum absolute atomic E-state index is 0. The molecule has 154 valence electrons. The number of quaternary nitrogens is 1. The number of aliphatic hydroxyl groups excluding tert-OH is 1. The van der Waals surface area contributed by atoms with E-state index in [1.165, 1.54) is 103 Å². The summed E-state index contributed by atoms with van der Waals surface area (Å²) in [5.41, 5.74) is 0. The van der Waals surface area contributed by atoms with Crippen LogP contribution in [0.2, 0.25) is 0 Å². The molecule has 0 heterocycles. The molecular formula is C22H48INO. The van der Waals surface area contributed by atoms with E-state index >= 15 is 0 Å². The number of hydrogen-bond donors (Lipinski definition) is 1. The maximum absolute atomic E-state index is 8.86. The summed E-state index contributed by atoms with van der Waals surface area (Å²) in [6, 6.07) is 0. The van der Waals surface area contributed by atoms with Crippen LogP contribution in [0.4, 0.5) is 0 Å². The van der Waals surface area contributed by atoms with Crippen LogP contribution in [0.25, 0.3) is 0 Å². The van der Waals surface area contributed by atoms with E-state index < -0.39 is 0 Å². The average molecular weight is 470 g/mol. The van der Waals surface area contributed by atoms with Gasteiger partial charge in [0.05, 0.1) is 27.2 Å². The third kappa shape index (κ3) is 22.6. The van der Waals surface area contributed by atoms with Crippen LogP contribution in [0.15, 0.2) is 0 Å². The Labute approximate surface area is 176 Å². The summed E-state index contributed by atoms with van der Waals surface area (Å²) in [5, 5.41) is 8.86. The van der Waals surface area contributed by atoms with E-state index in [1.807, 2.05) is 0 Å². The second-order valence-electron chi connectivity index (χ2n) is 8.41. The van der Waals surface area contributed by atoms with Crippen molar-refractivity contribution >= 4 is 0 Å². The van der Waals surface area contributed by atoms with E-state index in [4.69, 9.17) is 5.11 Å². The standard InChI is InChI=1S/C22H48NO.HI/c1-4-5-6-7-8-9-10-11-12-13-14-15-16-17-20-23(2,3)21-18-19-22-24;/h24H,4-22H2,1-3H3;1H/q+1;/p-1. The summed E-state index contributed by atoms with van der Waals surface area (Å²) >= 11 is 0. The molecule has 0 saturated carbocycles. The highest BCUT2D eigenvalue weighted by Crippen LogP contribution is 2.13. The van der Waals surface area contributed by atoms with Crippen LogP contribution < -0.4 is 24.0 Å². The fourth-order valence-corrected chi connectivity index (χ4v) is 3.50. The van der Waals surface area contributed by atoms with Crippen LogP contribution in [-0.2, 0) is 0 Å². The Morgan fingerprint density at radius 2 is 0.840 bits per heavy atom. The van der Waals surface area contributed by atoms with Crippen molar-refractivity contribution in [1.82, 2.24) is 0 Å². The fraction of sp³-hybridized carbons (Fsp3) is 1.00. The lowest BCUT2D eigenvalue weighted by atomic mass is 10.0. The number of hydrogen-bond acceptors (Lipinski definition) is 1. The summed E-state index contributed by atoms with van der Waals surface area (Å²) in [5.74, 6) is 0.